The van der Waals surface area contributed by atoms with Gasteiger partial charge in [0.2, 0.25) is 0 Å². The molecule has 0 spiro atoms. The molecule has 0 bridgehead atoms. The van der Waals surface area contributed by atoms with Gasteiger partial charge in [0.25, 0.3) is 0 Å². The quantitative estimate of drug-likeness (QED) is 0.621. The number of alkyl halides is 3. The first-order chi connectivity index (χ1) is 9.43. The lowest BCUT2D eigenvalue weighted by Crippen LogP contribution is -2.41. The highest BCUT2D eigenvalue weighted by Gasteiger charge is 2.53. The van der Waals surface area contributed by atoms with E-state index in [9.17, 15) is 17.6 Å². The van der Waals surface area contributed by atoms with Crippen LogP contribution in [-0.2, 0) is 9.31 Å². The molecule has 21 heavy (non-hydrogen) atoms. The van der Waals surface area contributed by atoms with E-state index in [-0.39, 0.29) is 0 Å². The maximum Gasteiger partial charge on any atom is 0.573 e. The molecule has 0 atom stereocenters. The molecule has 1 aliphatic heterocycles. The lowest BCUT2D eigenvalue weighted by molar-refractivity contribution is -0.274. The number of rotatable bonds is 2. The Kier molecular flexibility index (Phi) is 3.74. The Morgan fingerprint density at radius 1 is 1.05 bits per heavy atom. The lowest BCUT2D eigenvalue weighted by Gasteiger charge is -2.32. The average molecular weight is 306 g/mol. The van der Waals surface area contributed by atoms with Gasteiger partial charge in [-0.3, -0.25) is 0 Å². The summed E-state index contributed by atoms with van der Waals surface area (Å²) in [5, 5.41) is 0. The van der Waals surface area contributed by atoms with Crippen LogP contribution in [0.3, 0.4) is 0 Å². The van der Waals surface area contributed by atoms with Crippen LogP contribution in [0.25, 0.3) is 0 Å². The van der Waals surface area contributed by atoms with E-state index < -0.39 is 41.7 Å². The molecule has 0 aliphatic carbocycles. The van der Waals surface area contributed by atoms with E-state index in [0.29, 0.717) is 0 Å². The van der Waals surface area contributed by atoms with E-state index in [4.69, 9.17) is 9.31 Å². The molecule has 0 radical (unpaired) electrons. The van der Waals surface area contributed by atoms with E-state index in [1.807, 2.05) is 0 Å². The zero-order valence-electron chi connectivity index (χ0n) is 12.0. The Morgan fingerprint density at radius 2 is 1.57 bits per heavy atom. The van der Waals surface area contributed by atoms with Crippen molar-refractivity contribution in [2.45, 2.75) is 45.3 Å². The van der Waals surface area contributed by atoms with Crippen LogP contribution < -0.4 is 10.2 Å². The van der Waals surface area contributed by atoms with Crippen LogP contribution in [0.2, 0.25) is 0 Å². The summed E-state index contributed by atoms with van der Waals surface area (Å²) in [6.45, 7) is 6.88. The van der Waals surface area contributed by atoms with Gasteiger partial charge in [-0.15, -0.1) is 13.2 Å². The summed E-state index contributed by atoms with van der Waals surface area (Å²) < 4.78 is 66.2. The lowest BCUT2D eigenvalue weighted by atomic mass is 9.78. The van der Waals surface area contributed by atoms with E-state index >= 15 is 0 Å². The maximum atomic E-state index is 14.0. The summed E-state index contributed by atoms with van der Waals surface area (Å²) in [6, 6.07) is 3.19. The van der Waals surface area contributed by atoms with Crippen molar-refractivity contribution in [3.63, 3.8) is 0 Å². The van der Waals surface area contributed by atoms with Crippen molar-refractivity contribution in [1.29, 1.82) is 0 Å². The van der Waals surface area contributed by atoms with E-state index in [0.717, 1.165) is 18.2 Å². The fourth-order valence-corrected chi connectivity index (χ4v) is 1.92. The fourth-order valence-electron chi connectivity index (χ4n) is 1.92. The van der Waals surface area contributed by atoms with Gasteiger partial charge in [-0.05, 0) is 39.8 Å². The van der Waals surface area contributed by atoms with Crippen molar-refractivity contribution in [3.05, 3.63) is 24.0 Å². The molecule has 1 aliphatic rings. The molecular weight excluding hydrogens is 291 g/mol. The summed E-state index contributed by atoms with van der Waals surface area (Å²) in [5.41, 5.74) is -1.99. The average Bonchev–Trinajstić information content (AvgIpc) is 2.45. The van der Waals surface area contributed by atoms with Gasteiger partial charge in [0, 0.05) is 0 Å². The second kappa shape index (κ2) is 4.88. The zero-order valence-corrected chi connectivity index (χ0v) is 12.0. The van der Waals surface area contributed by atoms with Gasteiger partial charge < -0.3 is 14.0 Å². The van der Waals surface area contributed by atoms with Crippen LogP contribution >= 0.6 is 0 Å². The van der Waals surface area contributed by atoms with Crippen LogP contribution in [0.15, 0.2) is 18.2 Å². The molecule has 0 aromatic heterocycles. The molecule has 1 fully saturated rings. The van der Waals surface area contributed by atoms with Gasteiger partial charge in [0.1, 0.15) is 11.6 Å². The molecule has 1 heterocycles. The maximum absolute atomic E-state index is 14.0. The third kappa shape index (κ3) is 3.16. The highest BCUT2D eigenvalue weighted by Crippen LogP contribution is 2.37. The number of hydrogen-bond donors (Lipinski definition) is 0. The van der Waals surface area contributed by atoms with Crippen molar-refractivity contribution in [2.75, 3.05) is 0 Å². The minimum Gasteiger partial charge on any atom is -0.406 e. The number of hydrogen-bond acceptors (Lipinski definition) is 3. The molecule has 3 nitrogen and oxygen atoms in total. The molecule has 1 aromatic carbocycles. The largest absolute Gasteiger partial charge is 0.573 e. The van der Waals surface area contributed by atoms with Crippen LogP contribution in [0.1, 0.15) is 27.7 Å². The second-order valence-corrected chi connectivity index (χ2v) is 5.79. The molecule has 1 aromatic rings. The van der Waals surface area contributed by atoms with E-state index in [2.05, 4.69) is 4.74 Å². The summed E-state index contributed by atoms with van der Waals surface area (Å²) in [4.78, 5) is 0. The molecule has 1 saturated heterocycles. The van der Waals surface area contributed by atoms with Crippen LogP contribution in [0.4, 0.5) is 17.6 Å². The van der Waals surface area contributed by atoms with Gasteiger partial charge in [-0.2, -0.15) is 0 Å². The van der Waals surface area contributed by atoms with E-state index in [1.54, 1.807) is 27.7 Å². The number of halogens is 4. The Labute approximate surface area is 120 Å². The van der Waals surface area contributed by atoms with Crippen molar-refractivity contribution in [1.82, 2.24) is 0 Å². The van der Waals surface area contributed by atoms with Crippen LogP contribution in [0, 0.1) is 5.82 Å². The van der Waals surface area contributed by atoms with Crippen molar-refractivity contribution in [3.8, 4) is 5.75 Å². The standard InChI is InChI=1S/C13H15BF4O3/c1-11(2)12(3,4)21-14(20-11)10-8(15)6-5-7-9(10)19-13(16,17)18/h5-7H,1-4H3. The number of ether oxygens (including phenoxy) is 1. The number of benzene rings is 1. The minimum atomic E-state index is -4.92. The summed E-state index contributed by atoms with van der Waals surface area (Å²) in [6.07, 6.45) is -4.92. The molecule has 8 heteroatoms. The Balaban J connectivity index is 2.41. The van der Waals surface area contributed by atoms with Gasteiger partial charge in [-0.25, -0.2) is 4.39 Å². The van der Waals surface area contributed by atoms with Crippen LogP contribution in [0.5, 0.6) is 5.75 Å². The zero-order chi connectivity index (χ0) is 16.1. The third-order valence-electron chi connectivity index (χ3n) is 3.73. The molecule has 0 saturated carbocycles. The summed E-state index contributed by atoms with van der Waals surface area (Å²) in [7, 11) is -1.27. The minimum absolute atomic E-state index is 0.395. The molecule has 0 N–H and O–H groups in total. The van der Waals surface area contributed by atoms with Gasteiger partial charge in [-0.1, -0.05) is 6.07 Å². The monoisotopic (exact) mass is 306 g/mol. The topological polar surface area (TPSA) is 27.7 Å². The first-order valence-electron chi connectivity index (χ1n) is 6.33. The van der Waals surface area contributed by atoms with Crippen molar-refractivity contribution >= 4 is 12.6 Å². The van der Waals surface area contributed by atoms with Gasteiger partial charge in [0.05, 0.1) is 16.7 Å². The van der Waals surface area contributed by atoms with Gasteiger partial charge in [0.15, 0.2) is 0 Å². The Hall–Kier alpha value is -1.28. The van der Waals surface area contributed by atoms with Crippen LogP contribution in [-0.4, -0.2) is 24.7 Å². The highest BCUT2D eigenvalue weighted by molar-refractivity contribution is 6.63. The summed E-state index contributed by atoms with van der Waals surface area (Å²) in [5.74, 6) is -1.55. The normalized spacial score (nSPS) is 20.7. The molecule has 0 unspecified atom stereocenters. The summed E-state index contributed by atoms with van der Waals surface area (Å²) >= 11 is 0. The third-order valence-corrected chi connectivity index (χ3v) is 3.73. The first kappa shape index (κ1) is 16.1. The Bertz CT molecular complexity index is 527. The van der Waals surface area contributed by atoms with E-state index in [1.165, 1.54) is 0 Å². The fraction of sp³-hybridized carbons (Fsp3) is 0.538. The molecule has 0 amide bonds. The van der Waals surface area contributed by atoms with Crippen molar-refractivity contribution < 1.29 is 31.6 Å². The van der Waals surface area contributed by atoms with Crippen molar-refractivity contribution in [2.24, 2.45) is 0 Å². The molecular formula is C13H15BF4O3. The second-order valence-electron chi connectivity index (χ2n) is 5.79. The predicted octanol–water partition coefficient (Wildman–Crippen LogP) is 3.02. The SMILES string of the molecule is CC1(C)OB(c2c(F)cccc2OC(F)(F)F)OC1(C)C. The Morgan fingerprint density at radius 3 is 2.05 bits per heavy atom. The molecule has 116 valence electrons. The first-order valence-corrected chi connectivity index (χ1v) is 6.33. The highest BCUT2D eigenvalue weighted by atomic mass is 19.4. The van der Waals surface area contributed by atoms with Gasteiger partial charge >= 0.3 is 13.5 Å². The smallest absolute Gasteiger partial charge is 0.406 e. The molecule has 2 rings (SSSR count). The predicted molar refractivity (Wildman–Crippen MR) is 68.8 cm³/mol.